The Kier molecular flexibility index (Phi) is 4.30. The second-order valence-electron chi connectivity index (χ2n) is 5.47. The second-order valence-corrected chi connectivity index (χ2v) is 6.39. The molecule has 0 saturated carbocycles. The highest BCUT2D eigenvalue weighted by Crippen LogP contribution is 2.24. The highest BCUT2D eigenvalue weighted by molar-refractivity contribution is 9.10. The van der Waals surface area contributed by atoms with E-state index in [1.807, 2.05) is 19.1 Å². The molecule has 1 saturated heterocycles. The first-order valence-corrected chi connectivity index (χ1v) is 7.24. The molecule has 1 heterocycles. The van der Waals surface area contributed by atoms with Crippen molar-refractivity contribution in [2.24, 2.45) is 0 Å². The molecule has 100 valence electrons. The van der Waals surface area contributed by atoms with E-state index >= 15 is 0 Å². The van der Waals surface area contributed by atoms with Gasteiger partial charge in [-0.15, -0.1) is 0 Å². The number of rotatable bonds is 2. The van der Waals surface area contributed by atoms with Crippen molar-refractivity contribution in [3.05, 3.63) is 28.2 Å². The zero-order valence-corrected chi connectivity index (χ0v) is 12.4. The van der Waals surface area contributed by atoms with Crippen molar-refractivity contribution in [2.75, 3.05) is 18.8 Å². The van der Waals surface area contributed by atoms with E-state index in [0.717, 1.165) is 49.1 Å². The zero-order chi connectivity index (χ0) is 13.2. The molecule has 18 heavy (non-hydrogen) atoms. The Morgan fingerprint density at radius 1 is 1.39 bits per heavy atom. The summed E-state index contributed by atoms with van der Waals surface area (Å²) in [5.41, 5.74) is 7.52. The predicted octanol–water partition coefficient (Wildman–Crippen LogP) is 2.77. The number of hydrogen-bond acceptors (Lipinski definition) is 3. The predicted molar refractivity (Wildman–Crippen MR) is 78.3 cm³/mol. The van der Waals surface area contributed by atoms with Gasteiger partial charge in [0.15, 0.2) is 0 Å². The van der Waals surface area contributed by atoms with Crippen molar-refractivity contribution in [3.63, 3.8) is 0 Å². The number of halogens is 1. The van der Waals surface area contributed by atoms with Crippen molar-refractivity contribution in [1.29, 1.82) is 0 Å². The van der Waals surface area contributed by atoms with Gasteiger partial charge in [-0.3, -0.25) is 4.90 Å². The van der Waals surface area contributed by atoms with Crippen molar-refractivity contribution in [1.82, 2.24) is 4.90 Å². The van der Waals surface area contributed by atoms with Gasteiger partial charge in [0.2, 0.25) is 0 Å². The lowest BCUT2D eigenvalue weighted by atomic mass is 9.98. The smallest absolute Gasteiger partial charge is 0.0632 e. The van der Waals surface area contributed by atoms with Crippen LogP contribution in [0.3, 0.4) is 0 Å². The number of aliphatic hydroxyl groups is 1. The molecular formula is C14H21BrN2O. The van der Waals surface area contributed by atoms with Crippen LogP contribution in [0.5, 0.6) is 0 Å². The van der Waals surface area contributed by atoms with Crippen LogP contribution in [0.1, 0.15) is 31.7 Å². The molecule has 3 nitrogen and oxygen atoms in total. The van der Waals surface area contributed by atoms with Gasteiger partial charge in [-0.05, 0) is 50.4 Å². The summed E-state index contributed by atoms with van der Waals surface area (Å²) >= 11 is 3.42. The Morgan fingerprint density at radius 3 is 2.89 bits per heavy atom. The SMILES string of the molecule is CC1(O)CCCN(Cc2ccc(Br)cc2N)CC1. The molecule has 0 aliphatic carbocycles. The van der Waals surface area contributed by atoms with Crippen LogP contribution in [0.25, 0.3) is 0 Å². The third kappa shape index (κ3) is 3.70. The first-order valence-electron chi connectivity index (χ1n) is 6.45. The Morgan fingerprint density at radius 2 is 2.17 bits per heavy atom. The van der Waals surface area contributed by atoms with Gasteiger partial charge in [-0.25, -0.2) is 0 Å². The van der Waals surface area contributed by atoms with Crippen LogP contribution >= 0.6 is 15.9 Å². The van der Waals surface area contributed by atoms with Gasteiger partial charge < -0.3 is 10.8 Å². The molecule has 4 heteroatoms. The summed E-state index contributed by atoms with van der Waals surface area (Å²) in [5, 5.41) is 10.1. The van der Waals surface area contributed by atoms with Crippen molar-refractivity contribution >= 4 is 21.6 Å². The molecule has 0 amide bonds. The number of nitrogens with zero attached hydrogens (tertiary/aromatic N) is 1. The molecule has 0 aromatic heterocycles. The van der Waals surface area contributed by atoms with Crippen LogP contribution in [0.15, 0.2) is 22.7 Å². The lowest BCUT2D eigenvalue weighted by Crippen LogP contribution is -2.28. The van der Waals surface area contributed by atoms with E-state index in [-0.39, 0.29) is 0 Å². The highest BCUT2D eigenvalue weighted by Gasteiger charge is 2.24. The first kappa shape index (κ1) is 13.8. The fraction of sp³-hybridized carbons (Fsp3) is 0.571. The molecule has 1 aliphatic rings. The van der Waals surface area contributed by atoms with Gasteiger partial charge in [0.1, 0.15) is 0 Å². The molecule has 0 bridgehead atoms. The molecule has 3 N–H and O–H groups in total. The summed E-state index contributed by atoms with van der Waals surface area (Å²) in [4.78, 5) is 2.38. The number of nitrogens with two attached hydrogens (primary N) is 1. The number of hydrogen-bond donors (Lipinski definition) is 2. The van der Waals surface area contributed by atoms with E-state index in [9.17, 15) is 5.11 Å². The maximum atomic E-state index is 10.1. The van der Waals surface area contributed by atoms with E-state index < -0.39 is 5.60 Å². The van der Waals surface area contributed by atoms with Gasteiger partial charge in [0, 0.05) is 23.2 Å². The molecular weight excluding hydrogens is 292 g/mol. The summed E-state index contributed by atoms with van der Waals surface area (Å²) in [7, 11) is 0. The molecule has 1 aliphatic heterocycles. The molecule has 1 fully saturated rings. The molecule has 0 spiro atoms. The lowest BCUT2D eigenvalue weighted by molar-refractivity contribution is 0.0444. The van der Waals surface area contributed by atoms with E-state index in [2.05, 4.69) is 26.9 Å². The largest absolute Gasteiger partial charge is 0.398 e. The number of nitrogen functional groups attached to an aromatic ring is 1. The molecule has 1 aromatic rings. The van der Waals surface area contributed by atoms with Gasteiger partial charge in [-0.2, -0.15) is 0 Å². The summed E-state index contributed by atoms with van der Waals surface area (Å²) in [6.45, 7) is 4.77. The summed E-state index contributed by atoms with van der Waals surface area (Å²) in [6, 6.07) is 6.05. The maximum absolute atomic E-state index is 10.1. The minimum atomic E-state index is -0.500. The van der Waals surface area contributed by atoms with Gasteiger partial charge >= 0.3 is 0 Å². The van der Waals surface area contributed by atoms with Crippen LogP contribution in [0, 0.1) is 0 Å². The lowest BCUT2D eigenvalue weighted by Gasteiger charge is -2.23. The summed E-state index contributed by atoms with van der Waals surface area (Å²) in [6.07, 6.45) is 2.77. The van der Waals surface area contributed by atoms with Crippen LogP contribution in [-0.2, 0) is 6.54 Å². The van der Waals surface area contributed by atoms with E-state index in [4.69, 9.17) is 5.73 Å². The minimum absolute atomic E-state index is 0.500. The monoisotopic (exact) mass is 312 g/mol. The van der Waals surface area contributed by atoms with E-state index in [0.29, 0.717) is 0 Å². The van der Waals surface area contributed by atoms with Crippen LogP contribution in [0.2, 0.25) is 0 Å². The third-order valence-corrected chi connectivity index (χ3v) is 4.15. The summed E-state index contributed by atoms with van der Waals surface area (Å²) < 4.78 is 1.02. The molecule has 1 atom stereocenters. The van der Waals surface area contributed by atoms with Gasteiger partial charge in [0.25, 0.3) is 0 Å². The van der Waals surface area contributed by atoms with Crippen LogP contribution < -0.4 is 5.73 Å². The van der Waals surface area contributed by atoms with Crippen molar-refractivity contribution < 1.29 is 5.11 Å². The van der Waals surface area contributed by atoms with Gasteiger partial charge in [-0.1, -0.05) is 22.0 Å². The van der Waals surface area contributed by atoms with Crippen LogP contribution in [0.4, 0.5) is 5.69 Å². The molecule has 2 rings (SSSR count). The normalized spacial score (nSPS) is 25.9. The Balaban J connectivity index is 2.01. The van der Waals surface area contributed by atoms with Crippen molar-refractivity contribution in [3.8, 4) is 0 Å². The quantitative estimate of drug-likeness (QED) is 0.826. The minimum Gasteiger partial charge on any atom is -0.398 e. The van der Waals surface area contributed by atoms with Crippen LogP contribution in [-0.4, -0.2) is 28.7 Å². The highest BCUT2D eigenvalue weighted by atomic mass is 79.9. The summed E-state index contributed by atoms with van der Waals surface area (Å²) in [5.74, 6) is 0. The Hall–Kier alpha value is -0.580. The number of likely N-dealkylation sites (tertiary alicyclic amines) is 1. The average Bonchev–Trinajstić information content (AvgIpc) is 2.44. The zero-order valence-electron chi connectivity index (χ0n) is 10.8. The molecule has 0 radical (unpaired) electrons. The first-order chi connectivity index (χ1) is 8.46. The number of benzene rings is 1. The van der Waals surface area contributed by atoms with E-state index in [1.165, 1.54) is 5.56 Å². The fourth-order valence-corrected chi connectivity index (χ4v) is 2.81. The standard InChI is InChI=1S/C14H21BrN2O/c1-14(18)5-2-7-17(8-6-14)10-11-3-4-12(15)9-13(11)16/h3-4,9,18H,2,5-8,10,16H2,1H3. The molecule has 1 unspecified atom stereocenters. The third-order valence-electron chi connectivity index (χ3n) is 3.66. The fourth-order valence-electron chi connectivity index (χ4n) is 2.43. The van der Waals surface area contributed by atoms with E-state index in [1.54, 1.807) is 0 Å². The second kappa shape index (κ2) is 5.59. The number of anilines is 1. The van der Waals surface area contributed by atoms with Crippen molar-refractivity contribution in [2.45, 2.75) is 38.3 Å². The topological polar surface area (TPSA) is 49.5 Å². The van der Waals surface area contributed by atoms with Gasteiger partial charge in [0.05, 0.1) is 5.60 Å². The maximum Gasteiger partial charge on any atom is 0.0632 e. The average molecular weight is 313 g/mol. The molecule has 1 aromatic carbocycles. The Labute approximate surface area is 117 Å². The Bertz CT molecular complexity index is 420.